The van der Waals surface area contributed by atoms with Crippen LogP contribution in [0.4, 0.5) is 11.4 Å². The van der Waals surface area contributed by atoms with Gasteiger partial charge >= 0.3 is 0 Å². The molecule has 0 saturated carbocycles. The van der Waals surface area contributed by atoms with E-state index in [2.05, 4.69) is 15.6 Å². The van der Waals surface area contributed by atoms with Crippen LogP contribution >= 0.6 is 11.3 Å². The minimum atomic E-state index is -0.199. The van der Waals surface area contributed by atoms with E-state index in [1.54, 1.807) is 35.6 Å². The van der Waals surface area contributed by atoms with Crippen LogP contribution in [-0.2, 0) is 4.79 Å². The molecular formula is C20H19N3O2S. The third-order valence-electron chi connectivity index (χ3n) is 3.82. The van der Waals surface area contributed by atoms with Crippen LogP contribution in [0, 0.1) is 13.8 Å². The molecule has 1 aromatic heterocycles. The number of nitrogens with zero attached hydrogens (tertiary/aromatic N) is 1. The second-order valence-corrected chi connectivity index (χ2v) is 6.89. The van der Waals surface area contributed by atoms with Crippen LogP contribution in [0.15, 0.2) is 47.8 Å². The van der Waals surface area contributed by atoms with Crippen LogP contribution in [0.5, 0.6) is 0 Å². The fraction of sp³-hybridized carbons (Fsp3) is 0.150. The number of hydrogen-bond donors (Lipinski definition) is 2. The van der Waals surface area contributed by atoms with Crippen LogP contribution in [0.3, 0.4) is 0 Å². The molecule has 0 bridgehead atoms. The Morgan fingerprint density at radius 1 is 1.00 bits per heavy atom. The van der Waals surface area contributed by atoms with Gasteiger partial charge in [0.1, 0.15) is 5.01 Å². The minimum Gasteiger partial charge on any atom is -0.326 e. The van der Waals surface area contributed by atoms with Gasteiger partial charge in [0, 0.05) is 40.5 Å². The summed E-state index contributed by atoms with van der Waals surface area (Å²) in [5.74, 6) is -0.353. The Bertz CT molecular complexity index is 961. The predicted octanol–water partition coefficient (Wildman–Crippen LogP) is 4.64. The number of carbonyl (C=O) groups is 2. The van der Waals surface area contributed by atoms with Crippen molar-refractivity contribution in [3.05, 3.63) is 64.7 Å². The van der Waals surface area contributed by atoms with Gasteiger partial charge in [0.15, 0.2) is 0 Å². The second kappa shape index (κ2) is 7.49. The number of hydrogen-bond acceptors (Lipinski definition) is 4. The van der Waals surface area contributed by atoms with E-state index in [1.165, 1.54) is 6.92 Å². The highest BCUT2D eigenvalue weighted by Gasteiger charge is 2.10. The lowest BCUT2D eigenvalue weighted by Gasteiger charge is -2.11. The molecule has 0 aliphatic rings. The molecular weight excluding hydrogens is 346 g/mol. The van der Waals surface area contributed by atoms with Gasteiger partial charge in [0.2, 0.25) is 5.91 Å². The van der Waals surface area contributed by atoms with Crippen molar-refractivity contribution in [3.8, 4) is 10.6 Å². The maximum atomic E-state index is 12.5. The molecule has 2 amide bonds. The van der Waals surface area contributed by atoms with Gasteiger partial charge in [-0.25, -0.2) is 4.98 Å². The summed E-state index contributed by atoms with van der Waals surface area (Å²) in [5.41, 5.74) is 4.77. The highest BCUT2D eigenvalue weighted by Crippen LogP contribution is 2.25. The topological polar surface area (TPSA) is 71.1 Å². The molecule has 0 aliphatic heterocycles. The molecule has 0 radical (unpaired) electrons. The third-order valence-corrected chi connectivity index (χ3v) is 4.83. The molecule has 0 aliphatic carbocycles. The van der Waals surface area contributed by atoms with Gasteiger partial charge in [-0.3, -0.25) is 9.59 Å². The SMILES string of the molecule is CC(=O)Nc1ccc(C)c(NC(=O)c2ccc(-c3nc(C)cs3)cc2)c1. The summed E-state index contributed by atoms with van der Waals surface area (Å²) in [5, 5.41) is 8.56. The van der Waals surface area contributed by atoms with Gasteiger partial charge in [0.05, 0.1) is 0 Å². The van der Waals surface area contributed by atoms with Crippen molar-refractivity contribution in [2.24, 2.45) is 0 Å². The zero-order valence-corrected chi connectivity index (χ0v) is 15.6. The molecule has 0 spiro atoms. The van der Waals surface area contributed by atoms with E-state index in [-0.39, 0.29) is 11.8 Å². The standard InChI is InChI=1S/C20H19N3O2S/c1-12-4-9-17(22-14(3)24)10-18(12)23-19(25)15-5-7-16(8-6-15)20-21-13(2)11-26-20/h4-11H,1-3H3,(H,22,24)(H,23,25). The Kier molecular flexibility index (Phi) is 5.14. The predicted molar refractivity (Wildman–Crippen MR) is 106 cm³/mol. The van der Waals surface area contributed by atoms with E-state index >= 15 is 0 Å². The molecule has 6 heteroatoms. The van der Waals surface area contributed by atoms with Crippen LogP contribution in [0.25, 0.3) is 10.6 Å². The van der Waals surface area contributed by atoms with Crippen molar-refractivity contribution in [2.75, 3.05) is 10.6 Å². The third kappa shape index (κ3) is 4.15. The molecule has 1 heterocycles. The van der Waals surface area contributed by atoms with Gasteiger partial charge in [-0.1, -0.05) is 18.2 Å². The number of nitrogens with one attached hydrogen (secondary N) is 2. The number of rotatable bonds is 4. The number of aryl methyl sites for hydroxylation is 2. The first kappa shape index (κ1) is 17.8. The minimum absolute atomic E-state index is 0.154. The molecule has 26 heavy (non-hydrogen) atoms. The van der Waals surface area contributed by atoms with E-state index in [1.807, 2.05) is 37.4 Å². The van der Waals surface area contributed by atoms with Crippen LogP contribution < -0.4 is 10.6 Å². The van der Waals surface area contributed by atoms with Gasteiger partial charge < -0.3 is 10.6 Å². The largest absolute Gasteiger partial charge is 0.326 e. The average molecular weight is 365 g/mol. The van der Waals surface area contributed by atoms with Gasteiger partial charge in [-0.15, -0.1) is 11.3 Å². The Labute approximate surface area is 156 Å². The van der Waals surface area contributed by atoms with E-state index in [4.69, 9.17) is 0 Å². The Morgan fingerprint density at radius 2 is 1.73 bits per heavy atom. The zero-order valence-electron chi connectivity index (χ0n) is 14.8. The van der Waals surface area contributed by atoms with Crippen molar-refractivity contribution in [3.63, 3.8) is 0 Å². The molecule has 0 saturated heterocycles. The molecule has 0 unspecified atom stereocenters. The van der Waals surface area contributed by atoms with E-state index in [0.29, 0.717) is 16.9 Å². The Hall–Kier alpha value is -2.99. The molecule has 132 valence electrons. The Balaban J connectivity index is 1.76. The van der Waals surface area contributed by atoms with Crippen molar-refractivity contribution in [1.29, 1.82) is 0 Å². The number of anilines is 2. The molecule has 3 aromatic rings. The lowest BCUT2D eigenvalue weighted by Crippen LogP contribution is -2.13. The van der Waals surface area contributed by atoms with E-state index in [9.17, 15) is 9.59 Å². The van der Waals surface area contributed by atoms with Crippen LogP contribution in [0.2, 0.25) is 0 Å². The summed E-state index contributed by atoms with van der Waals surface area (Å²) in [7, 11) is 0. The summed E-state index contributed by atoms with van der Waals surface area (Å²) in [6.07, 6.45) is 0. The lowest BCUT2D eigenvalue weighted by molar-refractivity contribution is -0.114. The van der Waals surface area contributed by atoms with Crippen molar-refractivity contribution < 1.29 is 9.59 Å². The maximum Gasteiger partial charge on any atom is 0.255 e. The number of carbonyl (C=O) groups excluding carboxylic acids is 2. The number of benzene rings is 2. The summed E-state index contributed by atoms with van der Waals surface area (Å²) in [4.78, 5) is 28.2. The second-order valence-electron chi connectivity index (χ2n) is 6.04. The molecule has 0 atom stereocenters. The normalized spacial score (nSPS) is 10.4. The monoisotopic (exact) mass is 365 g/mol. The first-order valence-corrected chi connectivity index (χ1v) is 9.02. The first-order valence-electron chi connectivity index (χ1n) is 8.14. The van der Waals surface area contributed by atoms with Crippen molar-refractivity contribution in [2.45, 2.75) is 20.8 Å². The number of thiazole rings is 1. The summed E-state index contributed by atoms with van der Waals surface area (Å²) >= 11 is 1.58. The highest BCUT2D eigenvalue weighted by molar-refractivity contribution is 7.13. The molecule has 2 aromatic carbocycles. The highest BCUT2D eigenvalue weighted by atomic mass is 32.1. The molecule has 2 N–H and O–H groups in total. The molecule has 3 rings (SSSR count). The fourth-order valence-corrected chi connectivity index (χ4v) is 3.29. The summed E-state index contributed by atoms with van der Waals surface area (Å²) < 4.78 is 0. The van der Waals surface area contributed by atoms with Gasteiger partial charge in [0.25, 0.3) is 5.91 Å². The average Bonchev–Trinajstić information content (AvgIpc) is 3.04. The van der Waals surface area contributed by atoms with Crippen LogP contribution in [0.1, 0.15) is 28.5 Å². The smallest absolute Gasteiger partial charge is 0.255 e. The van der Waals surface area contributed by atoms with E-state index in [0.717, 1.165) is 21.8 Å². The molecule has 5 nitrogen and oxygen atoms in total. The van der Waals surface area contributed by atoms with Gasteiger partial charge in [-0.2, -0.15) is 0 Å². The van der Waals surface area contributed by atoms with Crippen molar-refractivity contribution in [1.82, 2.24) is 4.98 Å². The number of amides is 2. The quantitative estimate of drug-likeness (QED) is 0.708. The zero-order chi connectivity index (χ0) is 18.7. The number of aromatic nitrogens is 1. The lowest BCUT2D eigenvalue weighted by atomic mass is 10.1. The summed E-state index contributed by atoms with van der Waals surface area (Å²) in [6.45, 7) is 5.31. The summed E-state index contributed by atoms with van der Waals surface area (Å²) in [6, 6.07) is 12.8. The van der Waals surface area contributed by atoms with E-state index < -0.39 is 0 Å². The van der Waals surface area contributed by atoms with Crippen molar-refractivity contribution >= 4 is 34.5 Å². The Morgan fingerprint density at radius 3 is 2.35 bits per heavy atom. The first-order chi connectivity index (χ1) is 12.4. The van der Waals surface area contributed by atoms with Gasteiger partial charge in [-0.05, 0) is 43.7 Å². The maximum absolute atomic E-state index is 12.5. The molecule has 0 fully saturated rings. The fourth-order valence-electron chi connectivity index (χ4n) is 2.48. The van der Waals surface area contributed by atoms with Crippen LogP contribution in [-0.4, -0.2) is 16.8 Å².